The number of halogens is 1. The van der Waals surface area contributed by atoms with Crippen LogP contribution in [0.4, 0.5) is 10.1 Å². The Labute approximate surface area is 97.2 Å². The van der Waals surface area contributed by atoms with Gasteiger partial charge in [-0.15, -0.1) is 0 Å². The van der Waals surface area contributed by atoms with Crippen molar-refractivity contribution in [2.45, 2.75) is 6.92 Å². The number of carboxylic acid groups (broad SMARTS) is 1. The fraction of sp³-hybridized carbons (Fsp3) is 0.273. The summed E-state index contributed by atoms with van der Waals surface area (Å²) in [6.07, 6.45) is 0. The summed E-state index contributed by atoms with van der Waals surface area (Å²) < 4.78 is 18.1. The van der Waals surface area contributed by atoms with Crippen LogP contribution in [0.25, 0.3) is 0 Å². The first-order valence-corrected chi connectivity index (χ1v) is 4.95. The van der Waals surface area contributed by atoms with Crippen molar-refractivity contribution in [1.29, 1.82) is 0 Å². The standard InChI is InChI=1S/C11H12FNO4/c1-2-17-6-10(14)13-7-3-4-8(11(15)16)9(12)5-7/h3-5H,2,6H2,1H3,(H,13,14)(H,15,16). The molecule has 1 rings (SSSR count). The minimum atomic E-state index is -1.35. The van der Waals surface area contributed by atoms with E-state index in [0.29, 0.717) is 6.61 Å². The molecule has 0 fully saturated rings. The summed E-state index contributed by atoms with van der Waals surface area (Å²) in [6.45, 7) is 2.02. The Morgan fingerprint density at radius 2 is 2.18 bits per heavy atom. The van der Waals surface area contributed by atoms with Crippen LogP contribution >= 0.6 is 0 Å². The van der Waals surface area contributed by atoms with Crippen molar-refractivity contribution in [3.63, 3.8) is 0 Å². The summed E-state index contributed by atoms with van der Waals surface area (Å²) in [4.78, 5) is 21.8. The third kappa shape index (κ3) is 3.84. The molecule has 0 aliphatic rings. The van der Waals surface area contributed by atoms with E-state index in [1.165, 1.54) is 6.07 Å². The van der Waals surface area contributed by atoms with Gasteiger partial charge < -0.3 is 15.2 Å². The summed E-state index contributed by atoms with van der Waals surface area (Å²) in [5, 5.41) is 11.0. The molecule has 0 saturated heterocycles. The predicted octanol–water partition coefficient (Wildman–Crippen LogP) is 1.50. The van der Waals surface area contributed by atoms with Crippen molar-refractivity contribution in [3.8, 4) is 0 Å². The molecule has 92 valence electrons. The highest BCUT2D eigenvalue weighted by Gasteiger charge is 2.11. The fourth-order valence-electron chi connectivity index (χ4n) is 1.16. The third-order valence-corrected chi connectivity index (χ3v) is 1.92. The first-order chi connectivity index (χ1) is 8.04. The summed E-state index contributed by atoms with van der Waals surface area (Å²) in [6, 6.07) is 3.36. The topological polar surface area (TPSA) is 75.6 Å². The van der Waals surface area contributed by atoms with Crippen molar-refractivity contribution in [1.82, 2.24) is 0 Å². The van der Waals surface area contributed by atoms with Crippen LogP contribution in [-0.2, 0) is 9.53 Å². The minimum absolute atomic E-state index is 0.126. The van der Waals surface area contributed by atoms with Gasteiger partial charge in [-0.25, -0.2) is 9.18 Å². The molecule has 17 heavy (non-hydrogen) atoms. The Balaban J connectivity index is 2.70. The number of rotatable bonds is 5. The number of carbonyl (C=O) groups excluding carboxylic acids is 1. The third-order valence-electron chi connectivity index (χ3n) is 1.92. The molecule has 5 nitrogen and oxygen atoms in total. The summed E-state index contributed by atoms with van der Waals surface area (Å²) in [7, 11) is 0. The maximum Gasteiger partial charge on any atom is 0.338 e. The lowest BCUT2D eigenvalue weighted by Gasteiger charge is -2.06. The zero-order chi connectivity index (χ0) is 12.8. The van der Waals surface area contributed by atoms with Gasteiger partial charge in [-0.3, -0.25) is 4.79 Å². The number of benzene rings is 1. The molecule has 0 atom stereocenters. The Morgan fingerprint density at radius 1 is 1.47 bits per heavy atom. The number of carbonyl (C=O) groups is 2. The van der Waals surface area contributed by atoms with E-state index in [0.717, 1.165) is 12.1 Å². The molecule has 0 saturated carbocycles. The Morgan fingerprint density at radius 3 is 2.71 bits per heavy atom. The fourth-order valence-corrected chi connectivity index (χ4v) is 1.16. The van der Waals surface area contributed by atoms with E-state index in [1.54, 1.807) is 6.92 Å². The van der Waals surface area contributed by atoms with Gasteiger partial charge in [-0.2, -0.15) is 0 Å². The molecule has 0 heterocycles. The van der Waals surface area contributed by atoms with Crippen LogP contribution in [0.2, 0.25) is 0 Å². The average Bonchev–Trinajstić information content (AvgIpc) is 2.26. The second-order valence-corrected chi connectivity index (χ2v) is 3.19. The van der Waals surface area contributed by atoms with Crippen molar-refractivity contribution < 1.29 is 23.8 Å². The van der Waals surface area contributed by atoms with Crippen LogP contribution in [0.3, 0.4) is 0 Å². The van der Waals surface area contributed by atoms with Crippen molar-refractivity contribution in [2.75, 3.05) is 18.5 Å². The number of nitrogens with one attached hydrogen (secondary N) is 1. The smallest absolute Gasteiger partial charge is 0.338 e. The van der Waals surface area contributed by atoms with E-state index in [-0.39, 0.29) is 12.3 Å². The molecular formula is C11H12FNO4. The monoisotopic (exact) mass is 241 g/mol. The highest BCUT2D eigenvalue weighted by molar-refractivity contribution is 5.93. The van der Waals surface area contributed by atoms with E-state index < -0.39 is 23.3 Å². The first kappa shape index (κ1) is 13.1. The lowest BCUT2D eigenvalue weighted by atomic mass is 10.2. The molecule has 6 heteroatoms. The normalized spacial score (nSPS) is 10.0. The quantitative estimate of drug-likeness (QED) is 0.819. The number of carboxylic acids is 1. The van der Waals surface area contributed by atoms with Gasteiger partial charge >= 0.3 is 5.97 Å². The largest absolute Gasteiger partial charge is 0.478 e. The maximum atomic E-state index is 13.2. The number of aromatic carboxylic acids is 1. The molecule has 1 aromatic rings. The van der Waals surface area contributed by atoms with Gasteiger partial charge in [0.25, 0.3) is 0 Å². The summed E-state index contributed by atoms with van der Waals surface area (Å²) in [5.41, 5.74) is -0.245. The lowest BCUT2D eigenvalue weighted by Crippen LogP contribution is -2.18. The van der Waals surface area contributed by atoms with Crippen molar-refractivity contribution >= 4 is 17.6 Å². The lowest BCUT2D eigenvalue weighted by molar-refractivity contribution is -0.120. The number of anilines is 1. The molecule has 1 amide bonds. The SMILES string of the molecule is CCOCC(=O)Nc1ccc(C(=O)O)c(F)c1. The molecule has 0 spiro atoms. The number of hydrogen-bond acceptors (Lipinski definition) is 3. The van der Waals surface area contributed by atoms with Crippen LogP contribution in [0.5, 0.6) is 0 Å². The zero-order valence-corrected chi connectivity index (χ0v) is 9.20. The highest BCUT2D eigenvalue weighted by atomic mass is 19.1. The van der Waals surface area contributed by atoms with Gasteiger partial charge in [0.1, 0.15) is 12.4 Å². The van der Waals surface area contributed by atoms with Crippen LogP contribution in [0.15, 0.2) is 18.2 Å². The summed E-state index contributed by atoms with van der Waals surface area (Å²) >= 11 is 0. The molecule has 0 aliphatic heterocycles. The van der Waals surface area contributed by atoms with E-state index in [1.807, 2.05) is 0 Å². The second-order valence-electron chi connectivity index (χ2n) is 3.19. The molecule has 0 bridgehead atoms. The van der Waals surface area contributed by atoms with E-state index in [4.69, 9.17) is 9.84 Å². The molecule has 0 aliphatic carbocycles. The second kappa shape index (κ2) is 5.95. The molecule has 0 radical (unpaired) electrons. The van der Waals surface area contributed by atoms with Gasteiger partial charge in [-0.1, -0.05) is 0 Å². The number of ether oxygens (including phenoxy) is 1. The Hall–Kier alpha value is -1.95. The van der Waals surface area contributed by atoms with E-state index >= 15 is 0 Å². The summed E-state index contributed by atoms with van der Waals surface area (Å²) in [5.74, 6) is -2.67. The van der Waals surface area contributed by atoms with Crippen LogP contribution in [0, 0.1) is 5.82 Å². The Kier molecular flexibility index (Phi) is 4.59. The molecule has 1 aromatic carbocycles. The Bertz CT molecular complexity index is 433. The minimum Gasteiger partial charge on any atom is -0.478 e. The van der Waals surface area contributed by atoms with Gasteiger partial charge in [0.2, 0.25) is 5.91 Å². The predicted molar refractivity (Wildman–Crippen MR) is 58.5 cm³/mol. The molecule has 0 aromatic heterocycles. The molecule has 0 unspecified atom stereocenters. The van der Waals surface area contributed by atoms with Gasteiger partial charge in [0, 0.05) is 12.3 Å². The zero-order valence-electron chi connectivity index (χ0n) is 9.20. The van der Waals surface area contributed by atoms with Gasteiger partial charge in [0.15, 0.2) is 0 Å². The first-order valence-electron chi connectivity index (χ1n) is 4.95. The van der Waals surface area contributed by atoms with Crippen LogP contribution < -0.4 is 5.32 Å². The van der Waals surface area contributed by atoms with Crippen molar-refractivity contribution in [3.05, 3.63) is 29.6 Å². The van der Waals surface area contributed by atoms with Crippen molar-refractivity contribution in [2.24, 2.45) is 0 Å². The number of hydrogen-bond donors (Lipinski definition) is 2. The van der Waals surface area contributed by atoms with E-state index in [2.05, 4.69) is 5.32 Å². The molecule has 2 N–H and O–H groups in total. The van der Waals surface area contributed by atoms with Gasteiger partial charge in [-0.05, 0) is 25.1 Å². The van der Waals surface area contributed by atoms with Crippen LogP contribution in [-0.4, -0.2) is 30.2 Å². The van der Waals surface area contributed by atoms with E-state index in [9.17, 15) is 14.0 Å². The van der Waals surface area contributed by atoms with Crippen LogP contribution in [0.1, 0.15) is 17.3 Å². The highest BCUT2D eigenvalue weighted by Crippen LogP contribution is 2.14. The molecular weight excluding hydrogens is 229 g/mol. The number of amides is 1. The average molecular weight is 241 g/mol. The van der Waals surface area contributed by atoms with Gasteiger partial charge in [0.05, 0.1) is 5.56 Å². The maximum absolute atomic E-state index is 13.2.